The fourth-order valence-corrected chi connectivity index (χ4v) is 1.96. The predicted octanol–water partition coefficient (Wildman–Crippen LogP) is 1.23. The lowest BCUT2D eigenvalue weighted by molar-refractivity contribution is -0.146. The van der Waals surface area contributed by atoms with E-state index in [-0.39, 0.29) is 11.9 Å². The van der Waals surface area contributed by atoms with E-state index in [4.69, 9.17) is 5.73 Å². The Hall–Kier alpha value is -1.35. The number of rotatable bonds is 3. The maximum absolute atomic E-state index is 11.3. The summed E-state index contributed by atoms with van der Waals surface area (Å²) < 4.78 is 0. The molecule has 80 valence electrons. The Balaban J connectivity index is 2.11. The molecular formula is C12H16N2O. The lowest BCUT2D eigenvalue weighted by Gasteiger charge is -2.40. The van der Waals surface area contributed by atoms with Crippen LogP contribution < -0.4 is 5.73 Å². The Kier molecular flexibility index (Phi) is 2.73. The van der Waals surface area contributed by atoms with Crippen LogP contribution in [0.25, 0.3) is 0 Å². The van der Waals surface area contributed by atoms with Crippen LogP contribution in [-0.4, -0.2) is 23.9 Å². The summed E-state index contributed by atoms with van der Waals surface area (Å²) in [5, 5.41) is 0. The fraction of sp³-hybridized carbons (Fsp3) is 0.417. The first-order valence-corrected chi connectivity index (χ1v) is 5.28. The second-order valence-electron chi connectivity index (χ2n) is 4.01. The number of carbonyl (C=O) groups excluding carboxylic acids is 1. The van der Waals surface area contributed by atoms with E-state index in [0.717, 1.165) is 0 Å². The van der Waals surface area contributed by atoms with Gasteiger partial charge in [0.15, 0.2) is 0 Å². The van der Waals surface area contributed by atoms with Crippen molar-refractivity contribution >= 4 is 5.91 Å². The molecule has 3 nitrogen and oxygen atoms in total. The highest BCUT2D eigenvalue weighted by atomic mass is 16.2. The van der Waals surface area contributed by atoms with Crippen LogP contribution in [0, 0.1) is 6.92 Å². The van der Waals surface area contributed by atoms with Gasteiger partial charge in [-0.15, -0.1) is 0 Å². The second kappa shape index (κ2) is 4.03. The van der Waals surface area contributed by atoms with Gasteiger partial charge in [-0.25, -0.2) is 0 Å². The average Bonchev–Trinajstić information content (AvgIpc) is 2.24. The zero-order chi connectivity index (χ0) is 10.8. The van der Waals surface area contributed by atoms with Crippen molar-refractivity contribution in [2.75, 3.05) is 13.1 Å². The maximum atomic E-state index is 11.3. The molecule has 1 atom stereocenters. The molecule has 15 heavy (non-hydrogen) atoms. The third-order valence-corrected chi connectivity index (χ3v) is 2.90. The molecule has 1 unspecified atom stereocenters. The van der Waals surface area contributed by atoms with E-state index < -0.39 is 0 Å². The summed E-state index contributed by atoms with van der Waals surface area (Å²) in [6.07, 6.45) is 0.628. The smallest absolute Gasteiger partial charge is 0.225 e. The van der Waals surface area contributed by atoms with Crippen LogP contribution in [0.1, 0.15) is 23.6 Å². The molecule has 2 N–H and O–H groups in total. The van der Waals surface area contributed by atoms with Gasteiger partial charge in [-0.3, -0.25) is 4.79 Å². The average molecular weight is 204 g/mol. The number of hydrogen-bond acceptors (Lipinski definition) is 2. The van der Waals surface area contributed by atoms with Gasteiger partial charge in [-0.1, -0.05) is 29.8 Å². The monoisotopic (exact) mass is 204 g/mol. The van der Waals surface area contributed by atoms with Crippen molar-refractivity contribution in [3.63, 3.8) is 0 Å². The number of nitrogens with two attached hydrogens (primary N) is 1. The Morgan fingerprint density at radius 2 is 2.07 bits per heavy atom. The van der Waals surface area contributed by atoms with Crippen LogP contribution >= 0.6 is 0 Å². The van der Waals surface area contributed by atoms with Crippen LogP contribution in [0.2, 0.25) is 0 Å². The zero-order valence-electron chi connectivity index (χ0n) is 8.94. The van der Waals surface area contributed by atoms with Crippen molar-refractivity contribution in [3.8, 4) is 0 Å². The fourth-order valence-electron chi connectivity index (χ4n) is 1.96. The molecule has 1 amide bonds. The van der Waals surface area contributed by atoms with Crippen molar-refractivity contribution in [1.82, 2.24) is 4.90 Å². The number of aryl methyl sites for hydroxylation is 1. The molecule has 1 heterocycles. The van der Waals surface area contributed by atoms with E-state index in [1.165, 1.54) is 11.1 Å². The van der Waals surface area contributed by atoms with Crippen molar-refractivity contribution in [3.05, 3.63) is 35.4 Å². The molecule has 1 aromatic rings. The number of nitrogens with zero attached hydrogens (tertiary/aromatic N) is 1. The van der Waals surface area contributed by atoms with E-state index in [2.05, 4.69) is 31.2 Å². The first-order chi connectivity index (χ1) is 7.22. The lowest BCUT2D eigenvalue weighted by Crippen LogP contribution is -2.48. The van der Waals surface area contributed by atoms with Gasteiger partial charge in [0.05, 0.1) is 12.5 Å². The maximum Gasteiger partial charge on any atom is 0.225 e. The summed E-state index contributed by atoms with van der Waals surface area (Å²) in [5.74, 6) is 0.214. The SMILES string of the molecule is Cc1ccc(C2CC(=O)N2CCN)cc1. The summed E-state index contributed by atoms with van der Waals surface area (Å²) in [6, 6.07) is 8.60. The van der Waals surface area contributed by atoms with Crippen LogP contribution in [0.15, 0.2) is 24.3 Å². The van der Waals surface area contributed by atoms with Crippen molar-refractivity contribution in [2.24, 2.45) is 5.73 Å². The second-order valence-corrected chi connectivity index (χ2v) is 4.01. The number of β-lactam (4-membered cyclic amide) rings is 1. The van der Waals surface area contributed by atoms with Crippen LogP contribution in [0.3, 0.4) is 0 Å². The minimum absolute atomic E-state index is 0.214. The van der Waals surface area contributed by atoms with Gasteiger partial charge in [0.25, 0.3) is 0 Å². The molecule has 3 heteroatoms. The molecule has 0 aliphatic carbocycles. The Morgan fingerprint density at radius 3 is 2.60 bits per heavy atom. The summed E-state index contributed by atoms with van der Waals surface area (Å²) in [5.41, 5.74) is 7.93. The number of likely N-dealkylation sites (tertiary alicyclic amines) is 1. The molecule has 1 aromatic carbocycles. The topological polar surface area (TPSA) is 46.3 Å². The van der Waals surface area contributed by atoms with Crippen molar-refractivity contribution < 1.29 is 4.79 Å². The molecule has 1 saturated heterocycles. The largest absolute Gasteiger partial charge is 0.334 e. The molecule has 1 aliphatic heterocycles. The first-order valence-electron chi connectivity index (χ1n) is 5.28. The summed E-state index contributed by atoms with van der Waals surface area (Å²) in [7, 11) is 0. The third-order valence-electron chi connectivity index (χ3n) is 2.90. The lowest BCUT2D eigenvalue weighted by atomic mass is 9.93. The summed E-state index contributed by atoms with van der Waals surface area (Å²) in [6.45, 7) is 3.26. The van der Waals surface area contributed by atoms with Gasteiger partial charge in [0, 0.05) is 13.1 Å². The normalized spacial score (nSPS) is 20.3. The Labute approximate surface area is 89.9 Å². The quantitative estimate of drug-likeness (QED) is 0.753. The summed E-state index contributed by atoms with van der Waals surface area (Å²) in [4.78, 5) is 13.2. The Morgan fingerprint density at radius 1 is 1.40 bits per heavy atom. The molecule has 0 aromatic heterocycles. The molecular weight excluding hydrogens is 188 g/mol. The number of benzene rings is 1. The molecule has 2 rings (SSSR count). The van der Waals surface area contributed by atoms with Crippen LogP contribution in [-0.2, 0) is 4.79 Å². The van der Waals surface area contributed by atoms with Crippen molar-refractivity contribution in [1.29, 1.82) is 0 Å². The van der Waals surface area contributed by atoms with E-state index >= 15 is 0 Å². The highest BCUT2D eigenvalue weighted by Crippen LogP contribution is 2.33. The van der Waals surface area contributed by atoms with E-state index in [1.807, 2.05) is 4.90 Å². The highest BCUT2D eigenvalue weighted by molar-refractivity contribution is 5.83. The standard InChI is InChI=1S/C12H16N2O/c1-9-2-4-10(5-3-9)11-8-12(15)14(11)7-6-13/h2-5,11H,6-8,13H2,1H3. The predicted molar refractivity (Wildman–Crippen MR) is 59.3 cm³/mol. The van der Waals surface area contributed by atoms with Gasteiger partial charge in [-0.05, 0) is 12.5 Å². The van der Waals surface area contributed by atoms with Gasteiger partial charge < -0.3 is 10.6 Å². The molecule has 0 saturated carbocycles. The minimum Gasteiger partial charge on any atom is -0.334 e. The summed E-state index contributed by atoms with van der Waals surface area (Å²) >= 11 is 0. The van der Waals surface area contributed by atoms with E-state index in [1.54, 1.807) is 0 Å². The van der Waals surface area contributed by atoms with Gasteiger partial charge in [0.2, 0.25) is 5.91 Å². The Bertz CT molecular complexity index is 358. The minimum atomic E-state index is 0.214. The van der Waals surface area contributed by atoms with Gasteiger partial charge in [0.1, 0.15) is 0 Å². The van der Waals surface area contributed by atoms with Gasteiger partial charge >= 0.3 is 0 Å². The zero-order valence-corrected chi connectivity index (χ0v) is 8.94. The molecule has 0 radical (unpaired) electrons. The number of hydrogen-bond donors (Lipinski definition) is 1. The molecule has 0 spiro atoms. The van der Waals surface area contributed by atoms with E-state index in [0.29, 0.717) is 19.5 Å². The van der Waals surface area contributed by atoms with Crippen LogP contribution in [0.4, 0.5) is 0 Å². The number of carbonyl (C=O) groups is 1. The molecule has 1 fully saturated rings. The van der Waals surface area contributed by atoms with Gasteiger partial charge in [-0.2, -0.15) is 0 Å². The van der Waals surface area contributed by atoms with E-state index in [9.17, 15) is 4.79 Å². The molecule has 0 bridgehead atoms. The highest BCUT2D eigenvalue weighted by Gasteiger charge is 2.35. The first kappa shape index (κ1) is 10.2. The van der Waals surface area contributed by atoms with Crippen LogP contribution in [0.5, 0.6) is 0 Å². The molecule has 1 aliphatic rings. The number of amides is 1. The van der Waals surface area contributed by atoms with Crippen molar-refractivity contribution in [2.45, 2.75) is 19.4 Å². The third kappa shape index (κ3) is 1.88.